The maximum atomic E-state index is 12.1. The summed E-state index contributed by atoms with van der Waals surface area (Å²) < 4.78 is 0.963. The van der Waals surface area contributed by atoms with Gasteiger partial charge in [0.05, 0.1) is 11.0 Å². The van der Waals surface area contributed by atoms with Crippen molar-refractivity contribution < 1.29 is 0 Å². The van der Waals surface area contributed by atoms with Crippen LogP contribution in [0.1, 0.15) is 16.6 Å². The van der Waals surface area contributed by atoms with E-state index in [0.29, 0.717) is 11.2 Å². The Hall–Kier alpha value is -1.65. The van der Waals surface area contributed by atoms with Crippen LogP contribution in [0.5, 0.6) is 0 Å². The number of hydrogen-bond acceptors (Lipinski definition) is 2. The molecule has 5 heteroatoms. The van der Waals surface area contributed by atoms with Crippen molar-refractivity contribution in [3.63, 3.8) is 0 Å². The third-order valence-corrected chi connectivity index (χ3v) is 4.02. The lowest BCUT2D eigenvalue weighted by Crippen LogP contribution is -2.17. The second-order valence-corrected chi connectivity index (χ2v) is 5.73. The Labute approximate surface area is 128 Å². The van der Waals surface area contributed by atoms with Gasteiger partial charge in [0.15, 0.2) is 0 Å². The number of aromatic nitrogens is 2. The maximum Gasteiger partial charge on any atom is 0.272 e. The number of H-pyrrole nitrogens is 1. The van der Waals surface area contributed by atoms with Gasteiger partial charge in [-0.2, -0.15) is 0 Å². The van der Waals surface area contributed by atoms with E-state index >= 15 is 0 Å². The SMILES string of the molecule is O=c1[nH]c2ccccc2nc1[C@H](Cl)c1ccc(Br)cc1. The first-order valence-corrected chi connectivity index (χ1v) is 7.26. The fourth-order valence-corrected chi connectivity index (χ4v) is 2.56. The number of fused-ring (bicyclic) bond motifs is 1. The van der Waals surface area contributed by atoms with Crippen molar-refractivity contribution in [3.05, 3.63) is 74.6 Å². The highest BCUT2D eigenvalue weighted by atomic mass is 79.9. The third kappa shape index (κ3) is 2.49. The predicted octanol–water partition coefficient (Wildman–Crippen LogP) is 4.01. The summed E-state index contributed by atoms with van der Waals surface area (Å²) in [4.78, 5) is 19.3. The van der Waals surface area contributed by atoms with Gasteiger partial charge in [0.25, 0.3) is 5.56 Å². The van der Waals surface area contributed by atoms with Gasteiger partial charge in [-0.05, 0) is 29.8 Å². The van der Waals surface area contributed by atoms with Crippen molar-refractivity contribution in [3.8, 4) is 0 Å². The molecule has 3 aromatic rings. The van der Waals surface area contributed by atoms with Crippen molar-refractivity contribution in [2.75, 3.05) is 0 Å². The summed E-state index contributed by atoms with van der Waals surface area (Å²) in [6.45, 7) is 0. The summed E-state index contributed by atoms with van der Waals surface area (Å²) in [6.07, 6.45) is 0. The van der Waals surface area contributed by atoms with Gasteiger partial charge in [-0.15, -0.1) is 11.6 Å². The molecule has 0 saturated heterocycles. The van der Waals surface area contributed by atoms with E-state index in [0.717, 1.165) is 15.6 Å². The number of rotatable bonds is 2. The molecule has 3 nitrogen and oxygen atoms in total. The van der Waals surface area contributed by atoms with Crippen LogP contribution < -0.4 is 5.56 Å². The number of para-hydroxylation sites is 2. The van der Waals surface area contributed by atoms with Crippen molar-refractivity contribution in [1.29, 1.82) is 0 Å². The average molecular weight is 350 g/mol. The normalized spacial score (nSPS) is 12.5. The third-order valence-electron chi connectivity index (χ3n) is 3.03. The zero-order chi connectivity index (χ0) is 14.1. The topological polar surface area (TPSA) is 45.8 Å². The molecule has 1 atom stereocenters. The summed E-state index contributed by atoms with van der Waals surface area (Å²) in [5.74, 6) is 0. The Morgan fingerprint density at radius 2 is 1.80 bits per heavy atom. The zero-order valence-corrected chi connectivity index (χ0v) is 12.6. The van der Waals surface area contributed by atoms with E-state index in [9.17, 15) is 4.79 Å². The van der Waals surface area contributed by atoms with Crippen LogP contribution in [0.3, 0.4) is 0 Å². The van der Waals surface area contributed by atoms with Crippen molar-refractivity contribution in [2.45, 2.75) is 5.38 Å². The molecule has 0 radical (unpaired) electrons. The highest BCUT2D eigenvalue weighted by Gasteiger charge is 2.17. The summed E-state index contributed by atoms with van der Waals surface area (Å²) in [5.41, 5.74) is 2.33. The number of halogens is 2. The van der Waals surface area contributed by atoms with Crippen molar-refractivity contribution in [1.82, 2.24) is 9.97 Å². The van der Waals surface area contributed by atoms with E-state index in [1.807, 2.05) is 48.5 Å². The zero-order valence-electron chi connectivity index (χ0n) is 10.3. The molecule has 0 unspecified atom stereocenters. The molecule has 20 heavy (non-hydrogen) atoms. The Kier molecular flexibility index (Phi) is 3.59. The van der Waals surface area contributed by atoms with E-state index in [4.69, 9.17) is 11.6 Å². The molecule has 0 aliphatic carbocycles. The fraction of sp³-hybridized carbons (Fsp3) is 0.0667. The Bertz CT molecular complexity index is 814. The van der Waals surface area contributed by atoms with Gasteiger partial charge in [0.1, 0.15) is 11.1 Å². The molecule has 0 fully saturated rings. The van der Waals surface area contributed by atoms with Crippen LogP contribution in [0.15, 0.2) is 57.8 Å². The Balaban J connectivity index is 2.11. The molecule has 0 aliphatic rings. The average Bonchev–Trinajstić information content (AvgIpc) is 2.46. The van der Waals surface area contributed by atoms with Crippen LogP contribution >= 0.6 is 27.5 Å². The van der Waals surface area contributed by atoms with Crippen molar-refractivity contribution >= 4 is 38.6 Å². The Morgan fingerprint density at radius 3 is 2.55 bits per heavy atom. The standard InChI is InChI=1S/C15H10BrClN2O/c16-10-7-5-9(6-8-10)13(17)14-15(20)19-12-4-2-1-3-11(12)18-14/h1-8,13H,(H,19,20)/t13-/m1/s1. The minimum absolute atomic E-state index is 0.258. The van der Waals surface area contributed by atoms with E-state index in [-0.39, 0.29) is 5.56 Å². The molecule has 1 aromatic heterocycles. The maximum absolute atomic E-state index is 12.1. The van der Waals surface area contributed by atoms with Crippen LogP contribution in [0.25, 0.3) is 11.0 Å². The van der Waals surface area contributed by atoms with E-state index < -0.39 is 5.38 Å². The molecule has 0 saturated carbocycles. The smallest absolute Gasteiger partial charge is 0.272 e. The molecular weight excluding hydrogens is 340 g/mol. The predicted molar refractivity (Wildman–Crippen MR) is 84.2 cm³/mol. The molecule has 0 bridgehead atoms. The highest BCUT2D eigenvalue weighted by molar-refractivity contribution is 9.10. The minimum Gasteiger partial charge on any atom is -0.319 e. The van der Waals surface area contributed by atoms with Gasteiger partial charge in [0.2, 0.25) is 0 Å². The van der Waals surface area contributed by atoms with Gasteiger partial charge in [0, 0.05) is 4.47 Å². The van der Waals surface area contributed by atoms with Gasteiger partial charge in [-0.3, -0.25) is 4.79 Å². The van der Waals surface area contributed by atoms with E-state index in [2.05, 4.69) is 25.9 Å². The molecular formula is C15H10BrClN2O. The van der Waals surface area contributed by atoms with Crippen molar-refractivity contribution in [2.24, 2.45) is 0 Å². The summed E-state index contributed by atoms with van der Waals surface area (Å²) in [5, 5.41) is -0.573. The van der Waals surface area contributed by atoms with Gasteiger partial charge in [-0.1, -0.05) is 40.2 Å². The molecule has 3 rings (SSSR count). The lowest BCUT2D eigenvalue weighted by Gasteiger charge is -2.09. The van der Waals surface area contributed by atoms with Crippen LogP contribution in [0, 0.1) is 0 Å². The number of nitrogens with zero attached hydrogens (tertiary/aromatic N) is 1. The first kappa shape index (κ1) is 13.3. The molecule has 1 heterocycles. The number of nitrogens with one attached hydrogen (secondary N) is 1. The van der Waals surface area contributed by atoms with E-state index in [1.165, 1.54) is 0 Å². The second kappa shape index (κ2) is 5.38. The van der Waals surface area contributed by atoms with Crippen LogP contribution in [-0.4, -0.2) is 9.97 Å². The number of hydrogen-bond donors (Lipinski definition) is 1. The monoisotopic (exact) mass is 348 g/mol. The summed E-state index contributed by atoms with van der Waals surface area (Å²) >= 11 is 9.76. The van der Waals surface area contributed by atoms with Gasteiger partial charge in [-0.25, -0.2) is 4.98 Å². The molecule has 0 aliphatic heterocycles. The Morgan fingerprint density at radius 1 is 1.10 bits per heavy atom. The molecule has 0 amide bonds. The molecule has 0 spiro atoms. The second-order valence-electron chi connectivity index (χ2n) is 4.38. The number of aromatic amines is 1. The quantitative estimate of drug-likeness (QED) is 0.710. The summed E-state index contributed by atoms with van der Waals surface area (Å²) in [6, 6.07) is 14.9. The van der Waals surface area contributed by atoms with Crippen LogP contribution in [0.2, 0.25) is 0 Å². The fourth-order valence-electron chi connectivity index (χ4n) is 2.01. The van der Waals surface area contributed by atoms with Crippen LogP contribution in [0.4, 0.5) is 0 Å². The van der Waals surface area contributed by atoms with Gasteiger partial charge >= 0.3 is 0 Å². The highest BCUT2D eigenvalue weighted by Crippen LogP contribution is 2.27. The largest absolute Gasteiger partial charge is 0.319 e. The summed E-state index contributed by atoms with van der Waals surface area (Å²) in [7, 11) is 0. The minimum atomic E-state index is -0.573. The van der Waals surface area contributed by atoms with Gasteiger partial charge < -0.3 is 4.98 Å². The first-order chi connectivity index (χ1) is 9.65. The molecule has 100 valence electrons. The van der Waals surface area contributed by atoms with Crippen LogP contribution in [-0.2, 0) is 0 Å². The molecule has 1 N–H and O–H groups in total. The molecule has 2 aromatic carbocycles. The number of benzene rings is 2. The number of alkyl halides is 1. The first-order valence-electron chi connectivity index (χ1n) is 6.03. The lowest BCUT2D eigenvalue weighted by atomic mass is 10.1. The van der Waals surface area contributed by atoms with E-state index in [1.54, 1.807) is 0 Å². The lowest BCUT2D eigenvalue weighted by molar-refractivity contribution is 0.999.